The predicted molar refractivity (Wildman–Crippen MR) is 95.6 cm³/mol. The van der Waals surface area contributed by atoms with Crippen LogP contribution in [0.3, 0.4) is 0 Å². The second-order valence-corrected chi connectivity index (χ2v) is 7.38. The Hall–Kier alpha value is -2.18. The van der Waals surface area contributed by atoms with Crippen molar-refractivity contribution in [1.29, 1.82) is 0 Å². The fraction of sp³-hybridized carbons (Fsp3) is 0.278. The molecule has 128 valence electrons. The average molecular weight is 346 g/mol. The number of carbonyl (C=O) groups excluding carboxylic acids is 1. The van der Waals surface area contributed by atoms with E-state index in [1.165, 1.54) is 0 Å². The monoisotopic (exact) mass is 346 g/mol. The summed E-state index contributed by atoms with van der Waals surface area (Å²) in [6, 6.07) is 12.2. The largest absolute Gasteiger partial charge is 0.325 e. The number of hydrogen-bond acceptors (Lipinski definition) is 3. The molecule has 0 spiro atoms. The minimum absolute atomic E-state index is 0.152. The maximum absolute atomic E-state index is 12.2. The predicted octanol–water partition coefficient (Wildman–Crippen LogP) is 2.78. The Morgan fingerprint density at radius 1 is 1.04 bits per heavy atom. The first kappa shape index (κ1) is 18.2. The Labute approximate surface area is 143 Å². The van der Waals surface area contributed by atoms with Crippen LogP contribution in [0, 0.1) is 13.8 Å². The molecule has 0 heterocycles. The van der Waals surface area contributed by atoms with Gasteiger partial charge in [-0.2, -0.15) is 0 Å². The van der Waals surface area contributed by atoms with E-state index in [2.05, 4.69) is 10.0 Å². The third-order valence-corrected chi connectivity index (χ3v) is 5.36. The van der Waals surface area contributed by atoms with Gasteiger partial charge in [-0.05, 0) is 55.2 Å². The zero-order chi connectivity index (χ0) is 17.7. The number of hydrogen-bond donors (Lipinski definition) is 2. The second kappa shape index (κ2) is 7.59. The highest BCUT2D eigenvalue weighted by atomic mass is 32.2. The van der Waals surface area contributed by atoms with E-state index in [9.17, 15) is 13.2 Å². The molecule has 0 atom stereocenters. The zero-order valence-electron chi connectivity index (χ0n) is 14.1. The van der Waals surface area contributed by atoms with Crippen LogP contribution in [-0.4, -0.2) is 20.9 Å². The zero-order valence-corrected chi connectivity index (χ0v) is 14.9. The Balaban J connectivity index is 2.00. The molecule has 0 radical (unpaired) electrons. The summed E-state index contributed by atoms with van der Waals surface area (Å²) in [5.74, 6) is -0.405. The molecule has 2 aromatic carbocycles. The van der Waals surface area contributed by atoms with Gasteiger partial charge in [0.25, 0.3) is 0 Å². The smallest absolute Gasteiger partial charge is 0.241 e. The van der Waals surface area contributed by atoms with E-state index in [0.717, 1.165) is 23.1 Å². The number of benzene rings is 2. The molecule has 6 heteroatoms. The fourth-order valence-electron chi connectivity index (χ4n) is 2.23. The molecule has 0 fully saturated rings. The summed E-state index contributed by atoms with van der Waals surface area (Å²) in [6.45, 7) is 5.54. The molecule has 0 bridgehead atoms. The minimum atomic E-state index is -3.70. The lowest BCUT2D eigenvalue weighted by Gasteiger charge is -2.11. The van der Waals surface area contributed by atoms with Crippen molar-refractivity contribution in [3.05, 3.63) is 59.2 Å². The highest BCUT2D eigenvalue weighted by Crippen LogP contribution is 2.17. The maximum atomic E-state index is 12.2. The van der Waals surface area contributed by atoms with Gasteiger partial charge >= 0.3 is 0 Å². The molecular formula is C18H22N2O3S. The van der Waals surface area contributed by atoms with E-state index in [1.807, 2.05) is 32.9 Å². The molecule has 24 heavy (non-hydrogen) atoms. The Kier molecular flexibility index (Phi) is 5.75. The first-order chi connectivity index (χ1) is 11.3. The lowest BCUT2D eigenvalue weighted by atomic mass is 10.1. The van der Waals surface area contributed by atoms with Crippen molar-refractivity contribution >= 4 is 21.6 Å². The molecule has 1 amide bonds. The summed E-state index contributed by atoms with van der Waals surface area (Å²) in [5.41, 5.74) is 3.77. The Morgan fingerprint density at radius 3 is 2.33 bits per heavy atom. The van der Waals surface area contributed by atoms with Gasteiger partial charge in [-0.3, -0.25) is 4.79 Å². The molecular weight excluding hydrogens is 324 g/mol. The summed E-state index contributed by atoms with van der Waals surface area (Å²) in [5, 5.41) is 2.73. The van der Waals surface area contributed by atoms with Gasteiger partial charge in [-0.15, -0.1) is 0 Å². The van der Waals surface area contributed by atoms with E-state index in [0.29, 0.717) is 5.69 Å². The number of aryl methyl sites for hydroxylation is 2. The van der Waals surface area contributed by atoms with Crippen LogP contribution in [0.2, 0.25) is 0 Å². The van der Waals surface area contributed by atoms with E-state index in [-0.39, 0.29) is 11.4 Å². The fourth-order valence-corrected chi connectivity index (χ4v) is 3.21. The van der Waals surface area contributed by atoms with Gasteiger partial charge in [-0.25, -0.2) is 13.1 Å². The van der Waals surface area contributed by atoms with Gasteiger partial charge in [0.05, 0.1) is 11.4 Å². The van der Waals surface area contributed by atoms with E-state index < -0.39 is 15.9 Å². The Bertz CT molecular complexity index is 828. The van der Waals surface area contributed by atoms with Crippen LogP contribution >= 0.6 is 0 Å². The summed E-state index contributed by atoms with van der Waals surface area (Å²) in [6.07, 6.45) is 0.839. The standard InChI is InChI=1S/C18H22N2O3S/c1-4-15-8-10-16(11-9-15)24(22,23)19-12-18(21)20-17-7-5-6-13(2)14(17)3/h5-11,19H,4,12H2,1-3H3,(H,20,21). The highest BCUT2D eigenvalue weighted by molar-refractivity contribution is 7.89. The summed E-state index contributed by atoms with van der Waals surface area (Å²) in [4.78, 5) is 12.2. The third-order valence-electron chi connectivity index (χ3n) is 3.94. The highest BCUT2D eigenvalue weighted by Gasteiger charge is 2.15. The van der Waals surface area contributed by atoms with Gasteiger partial charge in [-0.1, -0.05) is 31.2 Å². The van der Waals surface area contributed by atoms with Crippen molar-refractivity contribution in [3.8, 4) is 0 Å². The van der Waals surface area contributed by atoms with Gasteiger partial charge in [0.15, 0.2) is 0 Å². The third kappa shape index (κ3) is 4.43. The summed E-state index contributed by atoms with van der Waals surface area (Å²) in [7, 11) is -3.70. The minimum Gasteiger partial charge on any atom is -0.325 e. The van der Waals surface area contributed by atoms with Crippen molar-refractivity contribution in [2.24, 2.45) is 0 Å². The summed E-state index contributed by atoms with van der Waals surface area (Å²) >= 11 is 0. The SMILES string of the molecule is CCc1ccc(S(=O)(=O)NCC(=O)Nc2cccc(C)c2C)cc1. The molecule has 2 N–H and O–H groups in total. The number of carbonyl (C=O) groups is 1. The van der Waals surface area contributed by atoms with E-state index in [1.54, 1.807) is 30.3 Å². The topological polar surface area (TPSA) is 75.3 Å². The van der Waals surface area contributed by atoms with Gasteiger partial charge < -0.3 is 5.32 Å². The van der Waals surface area contributed by atoms with E-state index in [4.69, 9.17) is 0 Å². The van der Waals surface area contributed by atoms with Gasteiger partial charge in [0, 0.05) is 5.69 Å². The van der Waals surface area contributed by atoms with Crippen molar-refractivity contribution in [3.63, 3.8) is 0 Å². The lowest BCUT2D eigenvalue weighted by Crippen LogP contribution is -2.33. The second-order valence-electron chi connectivity index (χ2n) is 5.62. The van der Waals surface area contributed by atoms with Gasteiger partial charge in [0.2, 0.25) is 15.9 Å². The molecule has 0 saturated carbocycles. The molecule has 5 nitrogen and oxygen atoms in total. The molecule has 2 aromatic rings. The average Bonchev–Trinajstić information content (AvgIpc) is 2.57. The van der Waals surface area contributed by atoms with Crippen LogP contribution < -0.4 is 10.0 Å². The molecule has 0 aliphatic heterocycles. The van der Waals surface area contributed by atoms with Crippen LogP contribution in [0.25, 0.3) is 0 Å². The molecule has 0 aliphatic rings. The number of anilines is 1. The molecule has 0 aromatic heterocycles. The number of rotatable bonds is 6. The van der Waals surface area contributed by atoms with E-state index >= 15 is 0 Å². The summed E-state index contributed by atoms with van der Waals surface area (Å²) < 4.78 is 26.8. The van der Waals surface area contributed by atoms with Crippen molar-refractivity contribution in [2.45, 2.75) is 32.1 Å². The Morgan fingerprint density at radius 2 is 1.71 bits per heavy atom. The van der Waals surface area contributed by atoms with Crippen molar-refractivity contribution in [2.75, 3.05) is 11.9 Å². The van der Waals surface area contributed by atoms with Crippen LogP contribution in [0.1, 0.15) is 23.6 Å². The van der Waals surface area contributed by atoms with Crippen LogP contribution in [0.5, 0.6) is 0 Å². The van der Waals surface area contributed by atoms with Crippen molar-refractivity contribution in [1.82, 2.24) is 4.72 Å². The molecule has 2 rings (SSSR count). The van der Waals surface area contributed by atoms with Gasteiger partial charge in [0.1, 0.15) is 0 Å². The lowest BCUT2D eigenvalue weighted by molar-refractivity contribution is -0.115. The number of sulfonamides is 1. The molecule has 0 aliphatic carbocycles. The maximum Gasteiger partial charge on any atom is 0.241 e. The van der Waals surface area contributed by atoms with Crippen LogP contribution in [-0.2, 0) is 21.2 Å². The normalized spacial score (nSPS) is 11.3. The van der Waals surface area contributed by atoms with Crippen molar-refractivity contribution < 1.29 is 13.2 Å². The first-order valence-electron chi connectivity index (χ1n) is 7.78. The first-order valence-corrected chi connectivity index (χ1v) is 9.26. The number of amides is 1. The quantitative estimate of drug-likeness (QED) is 0.844. The van der Waals surface area contributed by atoms with Crippen LogP contribution in [0.15, 0.2) is 47.4 Å². The molecule has 0 unspecified atom stereocenters. The number of nitrogens with one attached hydrogen (secondary N) is 2. The van der Waals surface area contributed by atoms with Crippen LogP contribution in [0.4, 0.5) is 5.69 Å². The molecule has 0 saturated heterocycles.